The van der Waals surface area contributed by atoms with Gasteiger partial charge in [-0.05, 0) is 75.0 Å². The van der Waals surface area contributed by atoms with E-state index in [9.17, 15) is 10.2 Å². The van der Waals surface area contributed by atoms with E-state index in [1.54, 1.807) is 11.1 Å². The van der Waals surface area contributed by atoms with Gasteiger partial charge in [0.25, 0.3) is 0 Å². The van der Waals surface area contributed by atoms with Crippen LogP contribution in [0.15, 0.2) is 11.1 Å². The summed E-state index contributed by atoms with van der Waals surface area (Å²) in [6.07, 6.45) is 13.8. The third-order valence-electron chi connectivity index (χ3n) is 8.08. The van der Waals surface area contributed by atoms with E-state index < -0.39 is 5.60 Å². The van der Waals surface area contributed by atoms with Crippen LogP contribution in [0.2, 0.25) is 0 Å². The number of hydrogen-bond donors (Lipinski definition) is 2. The first kappa shape index (κ1) is 15.7. The molecule has 0 amide bonds. The summed E-state index contributed by atoms with van der Waals surface area (Å²) in [4.78, 5) is 0. The average molecular weight is 314 g/mol. The molecular weight excluding hydrogens is 284 g/mol. The summed E-state index contributed by atoms with van der Waals surface area (Å²) in [5.41, 5.74) is 2.23. The third-order valence-corrected chi connectivity index (χ3v) is 8.08. The second-order valence-electron chi connectivity index (χ2n) is 9.00. The first-order chi connectivity index (χ1) is 10.9. The van der Waals surface area contributed by atoms with E-state index in [-0.39, 0.29) is 11.5 Å². The van der Waals surface area contributed by atoms with Crippen molar-refractivity contribution in [1.29, 1.82) is 0 Å². The number of allylic oxidation sites excluding steroid dienone is 1. The molecule has 0 aromatic rings. The smallest absolute Gasteiger partial charge is 0.130 e. The largest absolute Gasteiger partial charge is 0.393 e. The topological polar surface area (TPSA) is 40.5 Å². The van der Waals surface area contributed by atoms with Crippen molar-refractivity contribution >= 4 is 0 Å². The van der Waals surface area contributed by atoms with Crippen LogP contribution in [-0.2, 0) is 0 Å². The van der Waals surface area contributed by atoms with E-state index in [2.05, 4.69) is 19.8 Å². The Balaban J connectivity index is 1.70. The molecule has 7 unspecified atom stereocenters. The van der Waals surface area contributed by atoms with Crippen LogP contribution < -0.4 is 0 Å². The molecule has 0 aromatic carbocycles. The van der Waals surface area contributed by atoms with Crippen LogP contribution in [0.4, 0.5) is 0 Å². The SMILES string of the molecule is C#CC1(O)CCC2C3C(C)CC4=C(CCC(O)C4)C3CCC21C. The summed E-state index contributed by atoms with van der Waals surface area (Å²) in [7, 11) is 0. The molecule has 0 aliphatic heterocycles. The molecular formula is C21H30O2. The zero-order valence-corrected chi connectivity index (χ0v) is 14.5. The van der Waals surface area contributed by atoms with Crippen molar-refractivity contribution in [2.24, 2.45) is 29.1 Å². The van der Waals surface area contributed by atoms with Gasteiger partial charge < -0.3 is 10.2 Å². The fourth-order valence-corrected chi connectivity index (χ4v) is 6.85. The standard InChI is InChI=1S/C21H30O2/c1-4-21(23)10-8-18-19-13(2)11-14-12-15(22)5-6-16(14)17(19)7-9-20(18,21)3/h1,13,15,17-19,22-23H,5-12H2,2-3H3. The summed E-state index contributed by atoms with van der Waals surface area (Å²) < 4.78 is 0. The third kappa shape index (κ3) is 2.02. The van der Waals surface area contributed by atoms with E-state index in [4.69, 9.17) is 6.42 Å². The van der Waals surface area contributed by atoms with Gasteiger partial charge >= 0.3 is 0 Å². The lowest BCUT2D eigenvalue weighted by Crippen LogP contribution is -2.52. The molecule has 0 heterocycles. The predicted molar refractivity (Wildman–Crippen MR) is 91.5 cm³/mol. The monoisotopic (exact) mass is 314 g/mol. The number of aliphatic hydroxyl groups is 2. The normalized spacial score (nSPS) is 52.4. The number of terminal acetylenes is 1. The summed E-state index contributed by atoms with van der Waals surface area (Å²) in [5, 5.41) is 21.0. The van der Waals surface area contributed by atoms with E-state index in [1.165, 1.54) is 6.42 Å². The van der Waals surface area contributed by atoms with Crippen molar-refractivity contribution in [3.63, 3.8) is 0 Å². The van der Waals surface area contributed by atoms with Crippen LogP contribution >= 0.6 is 0 Å². The van der Waals surface area contributed by atoms with Crippen LogP contribution in [0.5, 0.6) is 0 Å². The minimum absolute atomic E-state index is 0.108. The molecule has 4 aliphatic carbocycles. The van der Waals surface area contributed by atoms with Crippen LogP contribution in [0.25, 0.3) is 0 Å². The maximum atomic E-state index is 11.0. The molecule has 0 spiro atoms. The van der Waals surface area contributed by atoms with Gasteiger partial charge in [-0.15, -0.1) is 6.42 Å². The molecule has 0 aromatic heterocycles. The highest BCUT2D eigenvalue weighted by molar-refractivity contribution is 5.30. The molecule has 23 heavy (non-hydrogen) atoms. The first-order valence-corrected chi connectivity index (χ1v) is 9.48. The molecule has 0 saturated heterocycles. The molecule has 0 bridgehead atoms. The Morgan fingerprint density at radius 2 is 1.96 bits per heavy atom. The second kappa shape index (κ2) is 5.11. The minimum atomic E-state index is -0.903. The average Bonchev–Trinajstić information content (AvgIpc) is 2.79. The maximum Gasteiger partial charge on any atom is 0.130 e. The summed E-state index contributed by atoms with van der Waals surface area (Å²) in [6, 6.07) is 0. The highest BCUT2D eigenvalue weighted by atomic mass is 16.3. The van der Waals surface area contributed by atoms with Gasteiger partial charge in [0.2, 0.25) is 0 Å². The lowest BCUT2D eigenvalue weighted by Gasteiger charge is -2.55. The molecule has 4 rings (SSSR count). The molecule has 7 atom stereocenters. The van der Waals surface area contributed by atoms with Crippen LogP contribution in [-0.4, -0.2) is 21.9 Å². The summed E-state index contributed by atoms with van der Waals surface area (Å²) >= 11 is 0. The lowest BCUT2D eigenvalue weighted by atomic mass is 9.50. The molecule has 2 N–H and O–H groups in total. The van der Waals surface area contributed by atoms with Crippen molar-refractivity contribution < 1.29 is 10.2 Å². The number of aliphatic hydroxyl groups excluding tert-OH is 1. The van der Waals surface area contributed by atoms with Gasteiger partial charge in [-0.25, -0.2) is 0 Å². The van der Waals surface area contributed by atoms with E-state index in [0.717, 1.165) is 44.9 Å². The Morgan fingerprint density at radius 3 is 2.70 bits per heavy atom. The van der Waals surface area contributed by atoms with Gasteiger partial charge in [0.1, 0.15) is 5.60 Å². The van der Waals surface area contributed by atoms with Crippen LogP contribution in [0.1, 0.15) is 65.2 Å². The zero-order valence-electron chi connectivity index (χ0n) is 14.5. The van der Waals surface area contributed by atoms with Crippen molar-refractivity contribution in [2.45, 2.75) is 76.9 Å². The molecule has 2 fully saturated rings. The molecule has 2 saturated carbocycles. The van der Waals surface area contributed by atoms with Crippen molar-refractivity contribution in [3.8, 4) is 12.3 Å². The zero-order chi connectivity index (χ0) is 16.4. The van der Waals surface area contributed by atoms with E-state index in [0.29, 0.717) is 23.7 Å². The first-order valence-electron chi connectivity index (χ1n) is 9.48. The quantitative estimate of drug-likeness (QED) is 0.529. The van der Waals surface area contributed by atoms with Gasteiger partial charge in [0.05, 0.1) is 6.10 Å². The molecule has 4 aliphatic rings. The summed E-state index contributed by atoms with van der Waals surface area (Å²) in [5.74, 6) is 5.32. The highest BCUT2D eigenvalue weighted by Gasteiger charge is 2.62. The molecule has 2 heteroatoms. The van der Waals surface area contributed by atoms with E-state index in [1.807, 2.05) is 0 Å². The molecule has 2 nitrogen and oxygen atoms in total. The van der Waals surface area contributed by atoms with Gasteiger partial charge in [0.15, 0.2) is 0 Å². The Morgan fingerprint density at radius 1 is 1.17 bits per heavy atom. The minimum Gasteiger partial charge on any atom is -0.393 e. The highest BCUT2D eigenvalue weighted by Crippen LogP contribution is 2.65. The maximum absolute atomic E-state index is 11.0. The molecule has 126 valence electrons. The number of hydrogen-bond acceptors (Lipinski definition) is 2. The van der Waals surface area contributed by atoms with Crippen LogP contribution in [0, 0.1) is 41.4 Å². The van der Waals surface area contributed by atoms with Crippen LogP contribution in [0.3, 0.4) is 0 Å². The van der Waals surface area contributed by atoms with Crippen molar-refractivity contribution in [2.75, 3.05) is 0 Å². The Bertz CT molecular complexity index is 585. The molecule has 0 radical (unpaired) electrons. The van der Waals surface area contributed by atoms with Gasteiger partial charge in [-0.1, -0.05) is 30.9 Å². The van der Waals surface area contributed by atoms with Crippen molar-refractivity contribution in [3.05, 3.63) is 11.1 Å². The van der Waals surface area contributed by atoms with Gasteiger partial charge in [-0.2, -0.15) is 0 Å². The number of rotatable bonds is 0. The predicted octanol–water partition coefficient (Wildman–Crippen LogP) is 3.67. The van der Waals surface area contributed by atoms with Gasteiger partial charge in [0, 0.05) is 5.41 Å². The summed E-state index contributed by atoms with van der Waals surface area (Å²) in [6.45, 7) is 4.64. The lowest BCUT2D eigenvalue weighted by molar-refractivity contribution is -0.0813. The second-order valence-corrected chi connectivity index (χ2v) is 9.00. The Labute approximate surface area is 140 Å². The number of fused-ring (bicyclic) bond motifs is 4. The van der Waals surface area contributed by atoms with Gasteiger partial charge in [-0.3, -0.25) is 0 Å². The fraction of sp³-hybridized carbons (Fsp3) is 0.810. The van der Waals surface area contributed by atoms with Crippen molar-refractivity contribution in [1.82, 2.24) is 0 Å². The Hall–Kier alpha value is -0.780. The fourth-order valence-electron chi connectivity index (χ4n) is 6.85. The Kier molecular flexibility index (Phi) is 3.49. The van der Waals surface area contributed by atoms with E-state index >= 15 is 0 Å².